The Morgan fingerprint density at radius 1 is 1.44 bits per heavy atom. The number of nitrogens with one attached hydrogen (secondary N) is 1. The van der Waals surface area contributed by atoms with E-state index >= 15 is 0 Å². The first kappa shape index (κ1) is 14.8. The summed E-state index contributed by atoms with van der Waals surface area (Å²) in [6, 6.07) is 5.53. The Kier molecular flexibility index (Phi) is 5.48. The summed E-state index contributed by atoms with van der Waals surface area (Å²) in [5, 5.41) is 3.58. The molecule has 100 valence electrons. The predicted octanol–water partition coefficient (Wildman–Crippen LogP) is 3.33. The largest absolute Gasteiger partial charge is 0.481 e. The maximum Gasteiger partial charge on any atom is 0.260 e. The summed E-state index contributed by atoms with van der Waals surface area (Å²) in [6.07, 6.45) is 0.387. The molecule has 1 rings (SSSR count). The molecule has 0 fully saturated rings. The highest BCUT2D eigenvalue weighted by Gasteiger charge is 2.16. The minimum absolute atomic E-state index is 0.100. The molecule has 0 bridgehead atoms. The van der Waals surface area contributed by atoms with Crippen molar-refractivity contribution in [3.8, 4) is 5.75 Å². The van der Waals surface area contributed by atoms with E-state index in [-0.39, 0.29) is 11.9 Å². The smallest absolute Gasteiger partial charge is 0.260 e. The zero-order valence-corrected chi connectivity index (χ0v) is 12.0. The number of amides is 1. The van der Waals surface area contributed by atoms with Gasteiger partial charge in [0, 0.05) is 11.1 Å². The molecule has 0 heterocycles. The van der Waals surface area contributed by atoms with E-state index in [4.69, 9.17) is 16.3 Å². The lowest BCUT2D eigenvalue weighted by atomic mass is 10.2. The lowest BCUT2D eigenvalue weighted by Gasteiger charge is -2.18. The fourth-order valence-electron chi connectivity index (χ4n) is 1.41. The molecule has 0 aliphatic heterocycles. The molecule has 1 aromatic rings. The Labute approximate surface area is 113 Å². The van der Waals surface area contributed by atoms with Crippen molar-refractivity contribution in [1.82, 2.24) is 5.32 Å². The molecule has 0 aliphatic carbocycles. The molecule has 18 heavy (non-hydrogen) atoms. The molecule has 0 saturated carbocycles. The van der Waals surface area contributed by atoms with Crippen LogP contribution in [-0.2, 0) is 4.79 Å². The van der Waals surface area contributed by atoms with Crippen molar-refractivity contribution >= 4 is 17.5 Å². The maximum atomic E-state index is 11.8. The van der Waals surface area contributed by atoms with E-state index in [0.29, 0.717) is 10.8 Å². The quantitative estimate of drug-likeness (QED) is 0.890. The summed E-state index contributed by atoms with van der Waals surface area (Å²) in [4.78, 5) is 11.8. The van der Waals surface area contributed by atoms with E-state index in [1.807, 2.05) is 26.8 Å². The van der Waals surface area contributed by atoms with Gasteiger partial charge < -0.3 is 10.1 Å². The average Bonchev–Trinajstić information content (AvgIpc) is 2.33. The van der Waals surface area contributed by atoms with Crippen molar-refractivity contribution in [2.75, 3.05) is 0 Å². The number of ether oxygens (including phenoxy) is 1. The minimum Gasteiger partial charge on any atom is -0.481 e. The van der Waals surface area contributed by atoms with Gasteiger partial charge in [0.1, 0.15) is 5.75 Å². The number of rotatable bonds is 5. The summed E-state index contributed by atoms with van der Waals surface area (Å²) in [6.45, 7) is 7.64. The van der Waals surface area contributed by atoms with Crippen molar-refractivity contribution in [1.29, 1.82) is 0 Å². The molecule has 0 aliphatic rings. The second-order valence-corrected chi connectivity index (χ2v) is 4.90. The second-order valence-electron chi connectivity index (χ2n) is 4.49. The van der Waals surface area contributed by atoms with Crippen LogP contribution in [0.25, 0.3) is 0 Å². The van der Waals surface area contributed by atoms with Gasteiger partial charge in [-0.3, -0.25) is 4.79 Å². The molecule has 0 saturated heterocycles. The van der Waals surface area contributed by atoms with Crippen LogP contribution in [0.2, 0.25) is 5.02 Å². The Morgan fingerprint density at radius 3 is 2.67 bits per heavy atom. The average molecular weight is 270 g/mol. The molecule has 0 aromatic heterocycles. The number of hydrogen-bond acceptors (Lipinski definition) is 2. The topological polar surface area (TPSA) is 38.3 Å². The highest BCUT2D eigenvalue weighted by atomic mass is 35.5. The van der Waals surface area contributed by atoms with E-state index in [1.165, 1.54) is 0 Å². The van der Waals surface area contributed by atoms with Crippen LogP contribution in [0.15, 0.2) is 18.2 Å². The van der Waals surface area contributed by atoms with Crippen LogP contribution < -0.4 is 10.1 Å². The summed E-state index contributed by atoms with van der Waals surface area (Å²) in [7, 11) is 0. The van der Waals surface area contributed by atoms with Crippen LogP contribution in [-0.4, -0.2) is 18.1 Å². The third-order valence-electron chi connectivity index (χ3n) is 2.81. The first-order valence-electron chi connectivity index (χ1n) is 6.17. The number of hydrogen-bond donors (Lipinski definition) is 1. The van der Waals surface area contributed by atoms with Gasteiger partial charge in [0.2, 0.25) is 0 Å². The Balaban J connectivity index is 2.60. The molecule has 3 nitrogen and oxygen atoms in total. The first-order chi connectivity index (χ1) is 8.43. The van der Waals surface area contributed by atoms with Gasteiger partial charge in [-0.25, -0.2) is 0 Å². The molecule has 1 N–H and O–H groups in total. The van der Waals surface area contributed by atoms with Crippen molar-refractivity contribution in [2.24, 2.45) is 0 Å². The standard InChI is InChI=1S/C14H20ClNO2/c1-5-10(3)16-14(17)11(4)18-12-6-7-13(15)9(2)8-12/h6-8,10-11H,5H2,1-4H3,(H,16,17). The third kappa shape index (κ3) is 4.22. The van der Waals surface area contributed by atoms with Gasteiger partial charge in [-0.2, -0.15) is 0 Å². The van der Waals surface area contributed by atoms with Crippen LogP contribution >= 0.6 is 11.6 Å². The van der Waals surface area contributed by atoms with Crippen molar-refractivity contribution in [3.63, 3.8) is 0 Å². The lowest BCUT2D eigenvalue weighted by molar-refractivity contribution is -0.127. The van der Waals surface area contributed by atoms with Gasteiger partial charge in [-0.15, -0.1) is 0 Å². The fourth-order valence-corrected chi connectivity index (χ4v) is 1.53. The van der Waals surface area contributed by atoms with Crippen LogP contribution in [0.5, 0.6) is 5.75 Å². The van der Waals surface area contributed by atoms with Crippen molar-refractivity contribution in [2.45, 2.75) is 46.3 Å². The van der Waals surface area contributed by atoms with Crippen molar-refractivity contribution in [3.05, 3.63) is 28.8 Å². The van der Waals surface area contributed by atoms with Crippen molar-refractivity contribution < 1.29 is 9.53 Å². The monoisotopic (exact) mass is 269 g/mol. The van der Waals surface area contributed by atoms with Crippen LogP contribution in [0, 0.1) is 6.92 Å². The molecule has 2 unspecified atom stereocenters. The van der Waals surface area contributed by atoms with E-state index in [2.05, 4.69) is 5.32 Å². The number of carbonyl (C=O) groups is 1. The highest BCUT2D eigenvalue weighted by molar-refractivity contribution is 6.31. The summed E-state index contributed by atoms with van der Waals surface area (Å²) < 4.78 is 5.59. The van der Waals surface area contributed by atoms with E-state index < -0.39 is 6.10 Å². The Hall–Kier alpha value is -1.22. The number of aryl methyl sites for hydroxylation is 1. The summed E-state index contributed by atoms with van der Waals surface area (Å²) in [5.41, 5.74) is 0.934. The SMILES string of the molecule is CCC(C)NC(=O)C(C)Oc1ccc(Cl)c(C)c1. The Bertz CT molecular complexity index is 420. The van der Waals surface area contributed by atoms with Crippen LogP contribution in [0.3, 0.4) is 0 Å². The van der Waals surface area contributed by atoms with Gasteiger partial charge in [0.15, 0.2) is 6.10 Å². The molecule has 4 heteroatoms. The normalized spacial score (nSPS) is 13.8. The van der Waals surface area contributed by atoms with Gasteiger partial charge in [-0.1, -0.05) is 18.5 Å². The lowest BCUT2D eigenvalue weighted by Crippen LogP contribution is -2.40. The highest BCUT2D eigenvalue weighted by Crippen LogP contribution is 2.21. The number of benzene rings is 1. The third-order valence-corrected chi connectivity index (χ3v) is 3.24. The van der Waals surface area contributed by atoms with E-state index in [1.54, 1.807) is 19.1 Å². The Morgan fingerprint density at radius 2 is 2.11 bits per heavy atom. The molecular weight excluding hydrogens is 250 g/mol. The number of halogens is 1. The predicted molar refractivity (Wildman–Crippen MR) is 74.2 cm³/mol. The van der Waals surface area contributed by atoms with Gasteiger partial charge in [0.05, 0.1) is 0 Å². The zero-order valence-electron chi connectivity index (χ0n) is 11.3. The maximum absolute atomic E-state index is 11.8. The zero-order chi connectivity index (χ0) is 13.7. The fraction of sp³-hybridized carbons (Fsp3) is 0.500. The van der Waals surface area contributed by atoms with E-state index in [0.717, 1.165) is 12.0 Å². The van der Waals surface area contributed by atoms with Gasteiger partial charge in [0.25, 0.3) is 5.91 Å². The van der Waals surface area contributed by atoms with Gasteiger partial charge >= 0.3 is 0 Å². The molecule has 1 aromatic carbocycles. The van der Waals surface area contributed by atoms with Crippen LogP contribution in [0.4, 0.5) is 0 Å². The first-order valence-corrected chi connectivity index (χ1v) is 6.55. The minimum atomic E-state index is -0.514. The van der Waals surface area contributed by atoms with E-state index in [9.17, 15) is 4.79 Å². The summed E-state index contributed by atoms with van der Waals surface area (Å²) in [5.74, 6) is 0.556. The molecule has 1 amide bonds. The second kappa shape index (κ2) is 6.64. The summed E-state index contributed by atoms with van der Waals surface area (Å²) >= 11 is 5.93. The van der Waals surface area contributed by atoms with Gasteiger partial charge in [-0.05, 0) is 51.0 Å². The molecular formula is C14H20ClNO2. The molecule has 2 atom stereocenters. The number of carbonyl (C=O) groups excluding carboxylic acids is 1. The van der Waals surface area contributed by atoms with Crippen LogP contribution in [0.1, 0.15) is 32.8 Å². The molecule has 0 radical (unpaired) electrons. The molecule has 0 spiro atoms.